The largest absolute Gasteiger partial charge is 0.342 e. The van der Waals surface area contributed by atoms with Gasteiger partial charge >= 0.3 is 0 Å². The Morgan fingerprint density at radius 3 is 2.64 bits per heavy atom. The molecule has 1 aliphatic heterocycles. The first-order chi connectivity index (χ1) is 10.7. The van der Waals surface area contributed by atoms with Crippen molar-refractivity contribution in [3.05, 3.63) is 41.7 Å². The summed E-state index contributed by atoms with van der Waals surface area (Å²) in [5.41, 5.74) is 1.21. The van der Waals surface area contributed by atoms with Crippen molar-refractivity contribution in [1.29, 1.82) is 0 Å². The molecule has 0 atom stereocenters. The molecule has 0 unspecified atom stereocenters. The first kappa shape index (κ1) is 15.1. The molecule has 6 heteroatoms. The van der Waals surface area contributed by atoms with Crippen LogP contribution in [0.2, 0.25) is 0 Å². The maximum absolute atomic E-state index is 12.1. The molecule has 2 aromatic rings. The zero-order valence-corrected chi connectivity index (χ0v) is 13.6. The van der Waals surface area contributed by atoms with Crippen LogP contribution in [-0.2, 0) is 11.3 Å². The number of nitrogens with zero attached hydrogens (tertiary/aromatic N) is 4. The number of aromatic nitrogens is 3. The fourth-order valence-corrected chi connectivity index (χ4v) is 3.49. The SMILES string of the molecule is Cc1nnc(SCC(=O)N2CCCC2)n1Cc1ccccc1. The Balaban J connectivity index is 1.65. The number of aryl methyl sites for hydroxylation is 1. The molecule has 0 saturated carbocycles. The van der Waals surface area contributed by atoms with Crippen LogP contribution < -0.4 is 0 Å². The van der Waals surface area contributed by atoms with E-state index in [1.165, 1.54) is 17.3 Å². The molecule has 5 nitrogen and oxygen atoms in total. The molecule has 1 saturated heterocycles. The quantitative estimate of drug-likeness (QED) is 0.795. The topological polar surface area (TPSA) is 51.0 Å². The van der Waals surface area contributed by atoms with Crippen LogP contribution in [0.1, 0.15) is 24.2 Å². The van der Waals surface area contributed by atoms with E-state index in [9.17, 15) is 4.79 Å². The number of hydrogen-bond donors (Lipinski definition) is 0. The number of carbonyl (C=O) groups is 1. The molecular weight excluding hydrogens is 296 g/mol. The molecule has 0 radical (unpaired) electrons. The fourth-order valence-electron chi connectivity index (χ4n) is 2.60. The van der Waals surface area contributed by atoms with Gasteiger partial charge in [-0.15, -0.1) is 10.2 Å². The van der Waals surface area contributed by atoms with Crippen LogP contribution >= 0.6 is 11.8 Å². The molecule has 116 valence electrons. The Morgan fingerprint density at radius 2 is 1.91 bits per heavy atom. The van der Waals surface area contributed by atoms with Gasteiger partial charge in [-0.1, -0.05) is 42.1 Å². The predicted molar refractivity (Wildman–Crippen MR) is 86.8 cm³/mol. The van der Waals surface area contributed by atoms with Crippen molar-refractivity contribution in [1.82, 2.24) is 19.7 Å². The fraction of sp³-hybridized carbons (Fsp3) is 0.438. The van der Waals surface area contributed by atoms with Gasteiger partial charge in [0.25, 0.3) is 0 Å². The maximum atomic E-state index is 12.1. The lowest BCUT2D eigenvalue weighted by Gasteiger charge is -2.14. The van der Waals surface area contributed by atoms with Crippen molar-refractivity contribution in [3.63, 3.8) is 0 Å². The summed E-state index contributed by atoms with van der Waals surface area (Å²) in [6.45, 7) is 4.48. The highest BCUT2D eigenvalue weighted by atomic mass is 32.2. The summed E-state index contributed by atoms with van der Waals surface area (Å²) in [5, 5.41) is 9.18. The van der Waals surface area contributed by atoms with E-state index in [1.54, 1.807) is 0 Å². The number of benzene rings is 1. The van der Waals surface area contributed by atoms with E-state index >= 15 is 0 Å². The molecule has 1 aromatic carbocycles. The van der Waals surface area contributed by atoms with Gasteiger partial charge in [-0.2, -0.15) is 0 Å². The van der Waals surface area contributed by atoms with Gasteiger partial charge < -0.3 is 9.47 Å². The second kappa shape index (κ2) is 6.96. The summed E-state index contributed by atoms with van der Waals surface area (Å²) in [4.78, 5) is 14.1. The standard InChI is InChI=1S/C16H20N4OS/c1-13-17-18-16(20(13)11-14-7-3-2-4-8-14)22-12-15(21)19-9-5-6-10-19/h2-4,7-8H,5-6,9-12H2,1H3. The molecule has 1 fully saturated rings. The molecule has 0 bridgehead atoms. The average molecular weight is 316 g/mol. The lowest BCUT2D eigenvalue weighted by atomic mass is 10.2. The van der Waals surface area contributed by atoms with Gasteiger partial charge in [-0.25, -0.2) is 0 Å². The van der Waals surface area contributed by atoms with Crippen molar-refractivity contribution < 1.29 is 4.79 Å². The lowest BCUT2D eigenvalue weighted by molar-refractivity contribution is -0.127. The lowest BCUT2D eigenvalue weighted by Crippen LogP contribution is -2.29. The molecular formula is C16H20N4OS. The summed E-state index contributed by atoms with van der Waals surface area (Å²) >= 11 is 1.48. The summed E-state index contributed by atoms with van der Waals surface area (Å²) in [5.74, 6) is 1.52. The van der Waals surface area contributed by atoms with Gasteiger partial charge in [0.2, 0.25) is 5.91 Å². The van der Waals surface area contributed by atoms with Crippen LogP contribution in [0.25, 0.3) is 0 Å². The van der Waals surface area contributed by atoms with Crippen molar-refractivity contribution in [2.24, 2.45) is 0 Å². The maximum Gasteiger partial charge on any atom is 0.233 e. The number of rotatable bonds is 5. The van der Waals surface area contributed by atoms with Crippen LogP contribution in [-0.4, -0.2) is 44.4 Å². The van der Waals surface area contributed by atoms with Crippen LogP contribution in [0.15, 0.2) is 35.5 Å². The van der Waals surface area contributed by atoms with E-state index in [4.69, 9.17) is 0 Å². The van der Waals surface area contributed by atoms with E-state index in [-0.39, 0.29) is 5.91 Å². The summed E-state index contributed by atoms with van der Waals surface area (Å²) in [6, 6.07) is 10.2. The zero-order valence-electron chi connectivity index (χ0n) is 12.7. The van der Waals surface area contributed by atoms with Crippen molar-refractivity contribution in [3.8, 4) is 0 Å². The second-order valence-corrected chi connectivity index (χ2v) is 6.42. The molecule has 0 N–H and O–H groups in total. The minimum absolute atomic E-state index is 0.203. The van der Waals surface area contributed by atoms with Crippen LogP contribution in [0.4, 0.5) is 0 Å². The third-order valence-electron chi connectivity index (χ3n) is 3.87. The van der Waals surface area contributed by atoms with Gasteiger partial charge in [-0.05, 0) is 25.3 Å². The smallest absolute Gasteiger partial charge is 0.233 e. The first-order valence-electron chi connectivity index (χ1n) is 7.58. The third kappa shape index (κ3) is 3.50. The van der Waals surface area contributed by atoms with Crippen LogP contribution in [0.3, 0.4) is 0 Å². The van der Waals surface area contributed by atoms with Gasteiger partial charge in [0.15, 0.2) is 5.16 Å². The molecule has 22 heavy (non-hydrogen) atoms. The Bertz CT molecular complexity index is 635. The van der Waals surface area contributed by atoms with Gasteiger partial charge in [0, 0.05) is 13.1 Å². The Labute approximate surface area is 134 Å². The van der Waals surface area contributed by atoms with Crippen molar-refractivity contribution in [2.75, 3.05) is 18.8 Å². The minimum atomic E-state index is 0.203. The van der Waals surface area contributed by atoms with E-state index in [1.807, 2.05) is 30.0 Å². The highest BCUT2D eigenvalue weighted by Crippen LogP contribution is 2.20. The summed E-state index contributed by atoms with van der Waals surface area (Å²) < 4.78 is 2.07. The molecule has 2 heterocycles. The second-order valence-electron chi connectivity index (χ2n) is 5.48. The van der Waals surface area contributed by atoms with E-state index < -0.39 is 0 Å². The van der Waals surface area contributed by atoms with E-state index in [0.29, 0.717) is 5.75 Å². The highest BCUT2D eigenvalue weighted by Gasteiger charge is 2.19. The molecule has 0 spiro atoms. The third-order valence-corrected chi connectivity index (χ3v) is 4.82. The predicted octanol–water partition coefficient (Wildman–Crippen LogP) is 2.35. The monoisotopic (exact) mass is 316 g/mol. The van der Waals surface area contributed by atoms with Crippen LogP contribution in [0.5, 0.6) is 0 Å². The van der Waals surface area contributed by atoms with Crippen LogP contribution in [0, 0.1) is 6.92 Å². The zero-order chi connectivity index (χ0) is 15.4. The molecule has 0 aliphatic carbocycles. The Hall–Kier alpha value is -1.82. The van der Waals surface area contributed by atoms with Crippen molar-refractivity contribution >= 4 is 17.7 Å². The number of hydrogen-bond acceptors (Lipinski definition) is 4. The normalized spacial score (nSPS) is 14.5. The molecule has 1 amide bonds. The van der Waals surface area contributed by atoms with E-state index in [0.717, 1.165) is 43.5 Å². The number of thioether (sulfide) groups is 1. The molecule has 3 rings (SSSR count). The molecule has 1 aliphatic rings. The average Bonchev–Trinajstić information content (AvgIpc) is 3.18. The first-order valence-corrected chi connectivity index (χ1v) is 8.57. The van der Waals surface area contributed by atoms with Gasteiger partial charge in [-0.3, -0.25) is 4.79 Å². The Kier molecular flexibility index (Phi) is 4.77. The number of carbonyl (C=O) groups excluding carboxylic acids is 1. The Morgan fingerprint density at radius 1 is 1.18 bits per heavy atom. The van der Waals surface area contributed by atoms with Gasteiger partial charge in [0.1, 0.15) is 5.82 Å². The summed E-state index contributed by atoms with van der Waals surface area (Å²) in [7, 11) is 0. The minimum Gasteiger partial charge on any atom is -0.342 e. The highest BCUT2D eigenvalue weighted by molar-refractivity contribution is 7.99. The summed E-state index contributed by atoms with van der Waals surface area (Å²) in [6.07, 6.45) is 2.25. The molecule has 1 aromatic heterocycles. The number of likely N-dealkylation sites (tertiary alicyclic amines) is 1. The number of amides is 1. The van der Waals surface area contributed by atoms with E-state index in [2.05, 4.69) is 26.9 Å². The van der Waals surface area contributed by atoms with Gasteiger partial charge in [0.05, 0.1) is 12.3 Å². The van der Waals surface area contributed by atoms with Crippen molar-refractivity contribution in [2.45, 2.75) is 31.5 Å².